The highest BCUT2D eigenvalue weighted by Gasteiger charge is 2.18. The van der Waals surface area contributed by atoms with Crippen molar-refractivity contribution in [2.45, 2.75) is 19.3 Å². The lowest BCUT2D eigenvalue weighted by Crippen LogP contribution is -2.31. The van der Waals surface area contributed by atoms with Gasteiger partial charge in [0.15, 0.2) is 5.82 Å². The van der Waals surface area contributed by atoms with E-state index in [0.29, 0.717) is 10.6 Å². The highest BCUT2D eigenvalue weighted by molar-refractivity contribution is 7.12. The lowest BCUT2D eigenvalue weighted by atomic mass is 10.1. The molecule has 0 bridgehead atoms. The van der Waals surface area contributed by atoms with Crippen LogP contribution in [0, 0.1) is 0 Å². The summed E-state index contributed by atoms with van der Waals surface area (Å²) in [6.45, 7) is 1.99. The quantitative estimate of drug-likeness (QED) is 0.933. The molecule has 0 radical (unpaired) electrons. The molecule has 0 aliphatic carbocycles. The van der Waals surface area contributed by atoms with Crippen LogP contribution < -0.4 is 15.1 Å². The molecule has 0 atom stereocenters. The van der Waals surface area contributed by atoms with Gasteiger partial charge in [-0.1, -0.05) is 6.07 Å². The van der Waals surface area contributed by atoms with Gasteiger partial charge in [0.05, 0.1) is 11.1 Å². The molecule has 6 nitrogen and oxygen atoms in total. The first kappa shape index (κ1) is 15.7. The molecule has 0 unspecified atom stereocenters. The van der Waals surface area contributed by atoms with E-state index in [0.717, 1.165) is 24.9 Å². The molecule has 122 valence electrons. The summed E-state index contributed by atoms with van der Waals surface area (Å²) in [7, 11) is 3.84. The predicted octanol–water partition coefficient (Wildman–Crippen LogP) is 2.85. The summed E-state index contributed by atoms with van der Waals surface area (Å²) >= 11 is 1.42. The van der Waals surface area contributed by atoms with Crippen LogP contribution in [0.5, 0.6) is 0 Å². The highest BCUT2D eigenvalue weighted by Crippen LogP contribution is 2.26. The zero-order valence-electron chi connectivity index (χ0n) is 13.5. The number of thiophene rings is 1. The van der Waals surface area contributed by atoms with Gasteiger partial charge in [-0.2, -0.15) is 4.98 Å². The molecule has 0 aromatic carbocycles. The lowest BCUT2D eigenvalue weighted by molar-refractivity contribution is 0.103. The minimum absolute atomic E-state index is 0.127. The summed E-state index contributed by atoms with van der Waals surface area (Å²) < 4.78 is 0. The number of piperidine rings is 1. The molecule has 2 aromatic rings. The van der Waals surface area contributed by atoms with Crippen LogP contribution >= 0.6 is 11.3 Å². The second-order valence-corrected chi connectivity index (χ2v) is 6.73. The van der Waals surface area contributed by atoms with E-state index in [1.165, 1.54) is 30.6 Å². The van der Waals surface area contributed by atoms with E-state index in [1.54, 1.807) is 12.3 Å². The maximum absolute atomic E-state index is 12.3. The van der Waals surface area contributed by atoms with Gasteiger partial charge in [0.25, 0.3) is 5.91 Å². The van der Waals surface area contributed by atoms with Crippen LogP contribution in [-0.4, -0.2) is 43.1 Å². The van der Waals surface area contributed by atoms with Crippen LogP contribution in [0.1, 0.15) is 28.9 Å². The van der Waals surface area contributed by atoms with Gasteiger partial charge in [0.1, 0.15) is 5.69 Å². The van der Waals surface area contributed by atoms with Crippen LogP contribution in [0.15, 0.2) is 23.7 Å². The molecule has 7 heteroatoms. The fourth-order valence-electron chi connectivity index (χ4n) is 2.63. The maximum atomic E-state index is 12.3. The fourth-order valence-corrected chi connectivity index (χ4v) is 3.25. The van der Waals surface area contributed by atoms with E-state index in [9.17, 15) is 4.79 Å². The van der Waals surface area contributed by atoms with Crippen LogP contribution in [0.2, 0.25) is 0 Å². The van der Waals surface area contributed by atoms with Crippen molar-refractivity contribution in [3.05, 3.63) is 28.6 Å². The van der Waals surface area contributed by atoms with Gasteiger partial charge in [0, 0.05) is 27.2 Å². The van der Waals surface area contributed by atoms with Gasteiger partial charge >= 0.3 is 0 Å². The molecule has 3 heterocycles. The Morgan fingerprint density at radius 3 is 2.74 bits per heavy atom. The molecule has 1 fully saturated rings. The van der Waals surface area contributed by atoms with Crippen molar-refractivity contribution in [3.8, 4) is 0 Å². The molecular weight excluding hydrogens is 310 g/mol. The highest BCUT2D eigenvalue weighted by atomic mass is 32.1. The normalized spacial score (nSPS) is 14.6. The predicted molar refractivity (Wildman–Crippen MR) is 94.7 cm³/mol. The van der Waals surface area contributed by atoms with Gasteiger partial charge in [-0.25, -0.2) is 4.98 Å². The zero-order chi connectivity index (χ0) is 16.2. The first-order chi connectivity index (χ1) is 11.1. The Bertz CT molecular complexity index is 665. The van der Waals surface area contributed by atoms with Crippen molar-refractivity contribution in [3.63, 3.8) is 0 Å². The monoisotopic (exact) mass is 331 g/mol. The minimum Gasteiger partial charge on any atom is -0.361 e. The lowest BCUT2D eigenvalue weighted by Gasteiger charge is -2.28. The third-order valence-corrected chi connectivity index (χ3v) is 4.68. The Balaban J connectivity index is 1.83. The standard InChI is InChI=1S/C16H21N5OS/c1-20(2)14-12(18-15(22)13-7-6-10-23-13)11-17-16(19-14)21-8-4-3-5-9-21/h6-7,10-11H,3-5,8-9H2,1-2H3,(H,18,22). The third kappa shape index (κ3) is 3.61. The molecule has 0 saturated carbocycles. The topological polar surface area (TPSA) is 61.4 Å². The van der Waals surface area contributed by atoms with E-state index in [4.69, 9.17) is 0 Å². The number of aromatic nitrogens is 2. The molecule has 1 saturated heterocycles. The summed E-state index contributed by atoms with van der Waals surface area (Å²) in [4.78, 5) is 26.2. The van der Waals surface area contributed by atoms with Crippen molar-refractivity contribution >= 4 is 34.7 Å². The molecular formula is C16H21N5OS. The smallest absolute Gasteiger partial charge is 0.265 e. The molecule has 1 aliphatic rings. The van der Waals surface area contributed by atoms with Gasteiger partial charge in [-0.05, 0) is 30.7 Å². The summed E-state index contributed by atoms with van der Waals surface area (Å²) in [5.41, 5.74) is 0.633. The van der Waals surface area contributed by atoms with Gasteiger partial charge in [-0.15, -0.1) is 11.3 Å². The van der Waals surface area contributed by atoms with E-state index < -0.39 is 0 Å². The van der Waals surface area contributed by atoms with Crippen molar-refractivity contribution in [2.75, 3.05) is 42.3 Å². The number of nitrogens with one attached hydrogen (secondary N) is 1. The van der Waals surface area contributed by atoms with Crippen molar-refractivity contribution in [1.82, 2.24) is 9.97 Å². The Hall–Kier alpha value is -2.15. The first-order valence-electron chi connectivity index (χ1n) is 7.79. The summed E-state index contributed by atoms with van der Waals surface area (Å²) in [5.74, 6) is 1.34. The summed E-state index contributed by atoms with van der Waals surface area (Å²) in [6.07, 6.45) is 5.33. The first-order valence-corrected chi connectivity index (χ1v) is 8.67. The second kappa shape index (κ2) is 6.95. The Kier molecular flexibility index (Phi) is 4.76. The second-order valence-electron chi connectivity index (χ2n) is 5.78. The SMILES string of the molecule is CN(C)c1nc(N2CCCCC2)ncc1NC(=O)c1cccs1. The average Bonchev–Trinajstić information content (AvgIpc) is 3.10. The van der Waals surface area contributed by atoms with Crippen molar-refractivity contribution in [2.24, 2.45) is 0 Å². The van der Waals surface area contributed by atoms with Crippen LogP contribution in [-0.2, 0) is 0 Å². The average molecular weight is 331 g/mol. The number of amides is 1. The number of carbonyl (C=O) groups is 1. The van der Waals surface area contributed by atoms with Crippen molar-refractivity contribution in [1.29, 1.82) is 0 Å². The number of nitrogens with zero attached hydrogens (tertiary/aromatic N) is 4. The van der Waals surface area contributed by atoms with E-state index >= 15 is 0 Å². The number of anilines is 3. The van der Waals surface area contributed by atoms with Crippen molar-refractivity contribution < 1.29 is 4.79 Å². The Labute approximate surface area is 140 Å². The molecule has 2 aromatic heterocycles. The molecule has 0 spiro atoms. The molecule has 1 amide bonds. The molecule has 3 rings (SSSR count). The van der Waals surface area contributed by atoms with Gasteiger partial charge in [0.2, 0.25) is 5.95 Å². The number of hydrogen-bond acceptors (Lipinski definition) is 6. The molecule has 1 aliphatic heterocycles. The van der Waals surface area contributed by atoms with E-state index in [1.807, 2.05) is 30.4 Å². The fraction of sp³-hybridized carbons (Fsp3) is 0.438. The van der Waals surface area contributed by atoms with Crippen LogP contribution in [0.25, 0.3) is 0 Å². The summed E-state index contributed by atoms with van der Waals surface area (Å²) in [5, 5.41) is 4.80. The van der Waals surface area contributed by atoms with E-state index in [-0.39, 0.29) is 5.91 Å². The van der Waals surface area contributed by atoms with Crippen LogP contribution in [0.3, 0.4) is 0 Å². The minimum atomic E-state index is -0.127. The van der Waals surface area contributed by atoms with Gasteiger partial charge < -0.3 is 15.1 Å². The number of carbonyl (C=O) groups excluding carboxylic acids is 1. The van der Waals surface area contributed by atoms with Crippen LogP contribution in [0.4, 0.5) is 17.5 Å². The Morgan fingerprint density at radius 1 is 1.30 bits per heavy atom. The maximum Gasteiger partial charge on any atom is 0.265 e. The molecule has 23 heavy (non-hydrogen) atoms. The Morgan fingerprint density at radius 2 is 2.09 bits per heavy atom. The number of hydrogen-bond donors (Lipinski definition) is 1. The van der Waals surface area contributed by atoms with E-state index in [2.05, 4.69) is 20.2 Å². The third-order valence-electron chi connectivity index (χ3n) is 3.81. The summed E-state index contributed by atoms with van der Waals surface area (Å²) in [6, 6.07) is 3.67. The largest absolute Gasteiger partial charge is 0.361 e. The molecule has 1 N–H and O–H groups in total. The number of rotatable bonds is 4. The zero-order valence-corrected chi connectivity index (χ0v) is 14.3. The van der Waals surface area contributed by atoms with Gasteiger partial charge in [-0.3, -0.25) is 4.79 Å².